The number of ether oxygens (including phenoxy) is 1. The van der Waals surface area contributed by atoms with Gasteiger partial charge in [0.1, 0.15) is 0 Å². The average molecular weight is 276 g/mol. The van der Waals surface area contributed by atoms with Crippen LogP contribution in [-0.4, -0.2) is 18.1 Å². The topological polar surface area (TPSA) is 65.2 Å². The summed E-state index contributed by atoms with van der Waals surface area (Å²) < 4.78 is 4.81. The first-order valence-corrected chi connectivity index (χ1v) is 6.71. The Morgan fingerprint density at radius 1 is 1.42 bits per heavy atom. The number of rotatable bonds is 3. The molecule has 0 unspecified atom stereocenters. The highest BCUT2D eigenvalue weighted by atomic mass is 32.1. The summed E-state index contributed by atoms with van der Waals surface area (Å²) in [6.07, 6.45) is 2.49. The molecule has 1 aromatic heterocycles. The van der Waals surface area contributed by atoms with Crippen molar-refractivity contribution < 1.29 is 9.53 Å². The number of hydrogen-bond acceptors (Lipinski definition) is 5. The molecule has 0 saturated heterocycles. The number of carbonyl (C=O) groups excluding carboxylic acids is 1. The Morgan fingerprint density at radius 3 is 2.74 bits per heavy atom. The zero-order valence-corrected chi connectivity index (χ0v) is 12.0. The van der Waals surface area contributed by atoms with Crippen LogP contribution in [0.15, 0.2) is 18.3 Å². The van der Waals surface area contributed by atoms with Crippen molar-refractivity contribution in [1.29, 1.82) is 0 Å². The second-order valence-electron chi connectivity index (χ2n) is 4.42. The second-order valence-corrected chi connectivity index (χ2v) is 5.57. The Morgan fingerprint density at radius 2 is 2.16 bits per heavy atom. The van der Waals surface area contributed by atoms with E-state index in [1.54, 1.807) is 6.20 Å². The molecule has 0 spiro atoms. The van der Waals surface area contributed by atoms with Crippen molar-refractivity contribution in [3.05, 3.63) is 45.5 Å². The van der Waals surface area contributed by atoms with Gasteiger partial charge in [-0.1, -0.05) is 6.07 Å². The SMILES string of the molecule is COC(=O)c1cc(Cc2cnc(N)s2)cc(C)c1C. The van der Waals surface area contributed by atoms with Crippen LogP contribution in [0.1, 0.15) is 31.9 Å². The number of nitrogens with zero attached hydrogens (tertiary/aromatic N) is 1. The molecular weight excluding hydrogens is 260 g/mol. The van der Waals surface area contributed by atoms with Crippen LogP contribution in [0, 0.1) is 13.8 Å². The predicted molar refractivity (Wildman–Crippen MR) is 76.6 cm³/mol. The fraction of sp³-hybridized carbons (Fsp3) is 0.286. The van der Waals surface area contributed by atoms with E-state index < -0.39 is 0 Å². The molecule has 0 amide bonds. The van der Waals surface area contributed by atoms with Gasteiger partial charge in [-0.25, -0.2) is 9.78 Å². The number of hydrogen-bond donors (Lipinski definition) is 1. The number of nitrogens with two attached hydrogens (primary N) is 1. The van der Waals surface area contributed by atoms with E-state index in [9.17, 15) is 4.79 Å². The van der Waals surface area contributed by atoms with Gasteiger partial charge in [-0.2, -0.15) is 0 Å². The van der Waals surface area contributed by atoms with Crippen LogP contribution < -0.4 is 5.73 Å². The van der Waals surface area contributed by atoms with Crippen molar-refractivity contribution in [2.45, 2.75) is 20.3 Å². The number of benzene rings is 1. The summed E-state index contributed by atoms with van der Waals surface area (Å²) in [5, 5.41) is 0.562. The van der Waals surface area contributed by atoms with E-state index in [1.807, 2.05) is 19.9 Å². The van der Waals surface area contributed by atoms with Gasteiger partial charge in [-0.05, 0) is 36.6 Å². The maximum atomic E-state index is 11.7. The first kappa shape index (κ1) is 13.5. The van der Waals surface area contributed by atoms with Crippen molar-refractivity contribution in [2.24, 2.45) is 0 Å². The Hall–Kier alpha value is -1.88. The highest BCUT2D eigenvalue weighted by molar-refractivity contribution is 7.15. The minimum atomic E-state index is -0.300. The molecule has 0 radical (unpaired) electrons. The average Bonchev–Trinajstić information content (AvgIpc) is 2.78. The quantitative estimate of drug-likeness (QED) is 0.875. The van der Waals surface area contributed by atoms with E-state index in [2.05, 4.69) is 11.1 Å². The smallest absolute Gasteiger partial charge is 0.338 e. The van der Waals surface area contributed by atoms with Crippen LogP contribution in [0.2, 0.25) is 0 Å². The number of esters is 1. The fourth-order valence-electron chi connectivity index (χ4n) is 1.96. The van der Waals surface area contributed by atoms with Gasteiger partial charge in [-0.3, -0.25) is 0 Å². The fourth-order valence-corrected chi connectivity index (χ4v) is 2.68. The Balaban J connectivity index is 2.36. The van der Waals surface area contributed by atoms with Crippen molar-refractivity contribution >= 4 is 22.4 Å². The molecule has 0 saturated carbocycles. The van der Waals surface area contributed by atoms with Gasteiger partial charge >= 0.3 is 5.97 Å². The van der Waals surface area contributed by atoms with Gasteiger partial charge in [0.25, 0.3) is 0 Å². The first-order chi connectivity index (χ1) is 9.01. The third-order valence-electron chi connectivity index (χ3n) is 3.08. The lowest BCUT2D eigenvalue weighted by Gasteiger charge is -2.10. The zero-order valence-electron chi connectivity index (χ0n) is 11.2. The number of thiazole rings is 1. The lowest BCUT2D eigenvalue weighted by molar-refractivity contribution is 0.0599. The minimum Gasteiger partial charge on any atom is -0.465 e. The van der Waals surface area contributed by atoms with Gasteiger partial charge in [0.15, 0.2) is 5.13 Å². The van der Waals surface area contributed by atoms with Gasteiger partial charge in [-0.15, -0.1) is 11.3 Å². The molecule has 1 aromatic carbocycles. The maximum absolute atomic E-state index is 11.7. The van der Waals surface area contributed by atoms with Crippen LogP contribution in [0.25, 0.3) is 0 Å². The number of aromatic nitrogens is 1. The number of nitrogen functional groups attached to an aromatic ring is 1. The van der Waals surface area contributed by atoms with E-state index in [-0.39, 0.29) is 5.97 Å². The van der Waals surface area contributed by atoms with E-state index in [0.717, 1.165) is 28.0 Å². The maximum Gasteiger partial charge on any atom is 0.338 e. The third kappa shape index (κ3) is 2.93. The standard InChI is InChI=1S/C14H16N2O2S/c1-8-4-10(5-11-7-16-14(15)19-11)6-12(9(8)2)13(17)18-3/h4,6-7H,5H2,1-3H3,(H2,15,16). The van der Waals surface area contributed by atoms with Crippen LogP contribution >= 0.6 is 11.3 Å². The summed E-state index contributed by atoms with van der Waals surface area (Å²) in [6.45, 7) is 3.92. The van der Waals surface area contributed by atoms with Crippen LogP contribution in [0.4, 0.5) is 5.13 Å². The highest BCUT2D eigenvalue weighted by Gasteiger charge is 2.13. The molecule has 0 aliphatic heterocycles. The van der Waals surface area contributed by atoms with Crippen molar-refractivity contribution in [1.82, 2.24) is 4.98 Å². The summed E-state index contributed by atoms with van der Waals surface area (Å²) in [6, 6.07) is 3.96. The second kappa shape index (κ2) is 5.40. The molecule has 0 aliphatic carbocycles. The minimum absolute atomic E-state index is 0.300. The number of aryl methyl sites for hydroxylation is 1. The highest BCUT2D eigenvalue weighted by Crippen LogP contribution is 2.22. The lowest BCUT2D eigenvalue weighted by Crippen LogP contribution is -2.06. The van der Waals surface area contributed by atoms with Crippen LogP contribution in [0.5, 0.6) is 0 Å². The first-order valence-electron chi connectivity index (χ1n) is 5.90. The van der Waals surface area contributed by atoms with Crippen LogP contribution in [0.3, 0.4) is 0 Å². The van der Waals surface area contributed by atoms with Gasteiger partial charge < -0.3 is 10.5 Å². The lowest BCUT2D eigenvalue weighted by atomic mass is 9.98. The molecule has 0 fully saturated rings. The molecule has 0 atom stereocenters. The van der Waals surface area contributed by atoms with E-state index >= 15 is 0 Å². The zero-order chi connectivity index (χ0) is 14.0. The van der Waals surface area contributed by atoms with Gasteiger partial charge in [0.05, 0.1) is 12.7 Å². The number of methoxy groups -OCH3 is 1. The molecule has 19 heavy (non-hydrogen) atoms. The number of anilines is 1. The summed E-state index contributed by atoms with van der Waals surface area (Å²) in [5.74, 6) is -0.300. The van der Waals surface area contributed by atoms with Gasteiger partial charge in [0, 0.05) is 17.5 Å². The Kier molecular flexibility index (Phi) is 3.85. The summed E-state index contributed by atoms with van der Waals surface area (Å²) >= 11 is 1.46. The molecule has 0 aliphatic rings. The van der Waals surface area contributed by atoms with Crippen molar-refractivity contribution in [3.8, 4) is 0 Å². The van der Waals surface area contributed by atoms with Crippen LogP contribution in [-0.2, 0) is 11.2 Å². The van der Waals surface area contributed by atoms with Crippen molar-refractivity contribution in [2.75, 3.05) is 12.8 Å². The molecule has 0 bridgehead atoms. The molecule has 100 valence electrons. The summed E-state index contributed by atoms with van der Waals surface area (Å²) in [5.41, 5.74) is 9.34. The Labute approximate surface area is 116 Å². The third-order valence-corrected chi connectivity index (χ3v) is 3.91. The Bertz CT molecular complexity index is 620. The van der Waals surface area contributed by atoms with E-state index in [1.165, 1.54) is 18.4 Å². The normalized spacial score (nSPS) is 10.5. The molecular formula is C14H16N2O2S. The van der Waals surface area contributed by atoms with Gasteiger partial charge in [0.2, 0.25) is 0 Å². The largest absolute Gasteiger partial charge is 0.465 e. The number of carbonyl (C=O) groups is 1. The predicted octanol–water partition coefficient (Wildman–Crippen LogP) is 2.72. The molecule has 1 heterocycles. The summed E-state index contributed by atoms with van der Waals surface area (Å²) in [4.78, 5) is 16.9. The molecule has 5 heteroatoms. The van der Waals surface area contributed by atoms with Crippen molar-refractivity contribution in [3.63, 3.8) is 0 Å². The molecule has 2 aromatic rings. The van der Waals surface area contributed by atoms with E-state index in [4.69, 9.17) is 10.5 Å². The molecule has 2 rings (SSSR count). The monoisotopic (exact) mass is 276 g/mol. The summed E-state index contributed by atoms with van der Waals surface area (Å²) in [7, 11) is 1.40. The van der Waals surface area contributed by atoms with E-state index in [0.29, 0.717) is 10.7 Å². The molecule has 4 nitrogen and oxygen atoms in total. The molecule has 2 N–H and O–H groups in total.